The third-order valence-electron chi connectivity index (χ3n) is 2.61. The first-order chi connectivity index (χ1) is 7.58. The van der Waals surface area contributed by atoms with E-state index in [1.54, 1.807) is 12.3 Å². The number of aromatic nitrogens is 1. The van der Waals surface area contributed by atoms with Gasteiger partial charge in [0.1, 0.15) is 11.9 Å². The Balaban J connectivity index is 2.09. The van der Waals surface area contributed by atoms with Crippen molar-refractivity contribution in [2.75, 3.05) is 12.4 Å². The van der Waals surface area contributed by atoms with E-state index in [0.29, 0.717) is 5.82 Å². The van der Waals surface area contributed by atoms with Gasteiger partial charge in [-0.2, -0.15) is 0 Å². The van der Waals surface area contributed by atoms with Crippen LogP contribution in [0.15, 0.2) is 18.3 Å². The monoisotopic (exact) mass is 219 g/mol. The van der Waals surface area contributed by atoms with Crippen LogP contribution in [0.3, 0.4) is 0 Å². The standard InChI is InChI=1S/C11H13N3O2/c1-7-3-4-9(12-6-7)13-8-5-10(15)14(2)11(8)16/h3-4,6,8H,5H2,1-2H3,(H,12,13). The summed E-state index contributed by atoms with van der Waals surface area (Å²) in [6, 6.07) is 3.22. The van der Waals surface area contributed by atoms with Crippen LogP contribution >= 0.6 is 0 Å². The van der Waals surface area contributed by atoms with Crippen LogP contribution in [-0.2, 0) is 9.59 Å². The van der Waals surface area contributed by atoms with Gasteiger partial charge < -0.3 is 5.32 Å². The summed E-state index contributed by atoms with van der Waals surface area (Å²) < 4.78 is 0. The van der Waals surface area contributed by atoms with Gasteiger partial charge in [0, 0.05) is 13.2 Å². The van der Waals surface area contributed by atoms with E-state index in [-0.39, 0.29) is 18.2 Å². The van der Waals surface area contributed by atoms with Crippen molar-refractivity contribution in [2.24, 2.45) is 0 Å². The minimum absolute atomic E-state index is 0.158. The van der Waals surface area contributed by atoms with Crippen LogP contribution in [0.2, 0.25) is 0 Å². The summed E-state index contributed by atoms with van der Waals surface area (Å²) in [6.45, 7) is 1.94. The molecule has 0 saturated carbocycles. The number of carbonyl (C=O) groups is 2. The summed E-state index contributed by atoms with van der Waals surface area (Å²) in [7, 11) is 1.49. The fraction of sp³-hybridized carbons (Fsp3) is 0.364. The van der Waals surface area contributed by atoms with Crippen LogP contribution in [0.1, 0.15) is 12.0 Å². The number of likely N-dealkylation sites (N-methyl/N-ethyl adjacent to an activating group) is 1. The third-order valence-corrected chi connectivity index (χ3v) is 2.61. The fourth-order valence-electron chi connectivity index (χ4n) is 1.60. The Labute approximate surface area is 93.5 Å². The third kappa shape index (κ3) is 1.88. The van der Waals surface area contributed by atoms with E-state index < -0.39 is 6.04 Å². The van der Waals surface area contributed by atoms with E-state index in [1.165, 1.54) is 7.05 Å². The number of anilines is 1. The first-order valence-corrected chi connectivity index (χ1v) is 5.07. The highest BCUT2D eigenvalue weighted by atomic mass is 16.2. The smallest absolute Gasteiger partial charge is 0.251 e. The molecule has 0 radical (unpaired) electrons. The molecule has 5 heteroatoms. The minimum Gasteiger partial charge on any atom is -0.358 e. The van der Waals surface area contributed by atoms with Crippen molar-refractivity contribution in [3.8, 4) is 0 Å². The largest absolute Gasteiger partial charge is 0.358 e. The van der Waals surface area contributed by atoms with Gasteiger partial charge in [0.15, 0.2) is 0 Å². The predicted octanol–water partition coefficient (Wildman–Crippen LogP) is 0.559. The van der Waals surface area contributed by atoms with Gasteiger partial charge in [-0.15, -0.1) is 0 Å². The highest BCUT2D eigenvalue weighted by molar-refractivity contribution is 6.06. The van der Waals surface area contributed by atoms with Crippen LogP contribution in [-0.4, -0.2) is 34.8 Å². The molecule has 1 aromatic rings. The topological polar surface area (TPSA) is 62.3 Å². The molecule has 1 saturated heterocycles. The van der Waals surface area contributed by atoms with Gasteiger partial charge >= 0.3 is 0 Å². The van der Waals surface area contributed by atoms with Crippen molar-refractivity contribution in [2.45, 2.75) is 19.4 Å². The summed E-state index contributed by atoms with van der Waals surface area (Å²) in [6.07, 6.45) is 1.91. The fourth-order valence-corrected chi connectivity index (χ4v) is 1.60. The molecule has 2 heterocycles. The van der Waals surface area contributed by atoms with Gasteiger partial charge in [-0.3, -0.25) is 14.5 Å². The Morgan fingerprint density at radius 3 is 2.69 bits per heavy atom. The van der Waals surface area contributed by atoms with Crippen molar-refractivity contribution >= 4 is 17.6 Å². The number of hydrogen-bond donors (Lipinski definition) is 1. The summed E-state index contributed by atoms with van der Waals surface area (Å²) in [5, 5.41) is 2.96. The SMILES string of the molecule is Cc1ccc(NC2CC(=O)N(C)C2=O)nc1. The number of pyridine rings is 1. The molecule has 2 amide bonds. The number of amides is 2. The van der Waals surface area contributed by atoms with E-state index in [4.69, 9.17) is 0 Å². The Morgan fingerprint density at radius 2 is 2.19 bits per heavy atom. The van der Waals surface area contributed by atoms with Gasteiger partial charge in [0.25, 0.3) is 5.91 Å². The Hall–Kier alpha value is -1.91. The lowest BCUT2D eigenvalue weighted by atomic mass is 10.2. The lowest BCUT2D eigenvalue weighted by Gasteiger charge is -2.11. The first kappa shape index (κ1) is 10.6. The number of rotatable bonds is 2. The molecule has 5 nitrogen and oxygen atoms in total. The van der Waals surface area contributed by atoms with Gasteiger partial charge in [0.05, 0.1) is 6.42 Å². The zero-order valence-electron chi connectivity index (χ0n) is 9.23. The van der Waals surface area contributed by atoms with Crippen LogP contribution in [0.25, 0.3) is 0 Å². The molecule has 1 fully saturated rings. The second-order valence-electron chi connectivity index (χ2n) is 3.91. The normalized spacial score (nSPS) is 20.4. The number of aryl methyl sites for hydroxylation is 1. The average Bonchev–Trinajstić information content (AvgIpc) is 2.50. The maximum Gasteiger partial charge on any atom is 0.251 e. The zero-order chi connectivity index (χ0) is 11.7. The lowest BCUT2D eigenvalue weighted by molar-refractivity contribution is -0.136. The molecule has 1 unspecified atom stereocenters. The molecular formula is C11H13N3O2. The molecule has 1 atom stereocenters. The lowest BCUT2D eigenvalue weighted by Crippen LogP contribution is -2.32. The van der Waals surface area contributed by atoms with Crippen molar-refractivity contribution in [1.29, 1.82) is 0 Å². The number of imide groups is 1. The van der Waals surface area contributed by atoms with E-state index in [1.807, 2.05) is 13.0 Å². The molecule has 1 aliphatic rings. The molecule has 0 aromatic carbocycles. The van der Waals surface area contributed by atoms with E-state index in [0.717, 1.165) is 10.5 Å². The van der Waals surface area contributed by atoms with E-state index in [2.05, 4.69) is 10.3 Å². The molecule has 84 valence electrons. The molecule has 0 spiro atoms. The van der Waals surface area contributed by atoms with Gasteiger partial charge in [-0.1, -0.05) is 6.07 Å². The summed E-state index contributed by atoms with van der Waals surface area (Å²) >= 11 is 0. The number of carbonyl (C=O) groups excluding carboxylic acids is 2. The number of nitrogens with zero attached hydrogens (tertiary/aromatic N) is 2. The van der Waals surface area contributed by atoms with Crippen LogP contribution in [0.5, 0.6) is 0 Å². The summed E-state index contributed by atoms with van der Waals surface area (Å²) in [5.74, 6) is 0.258. The van der Waals surface area contributed by atoms with Gasteiger partial charge in [0.2, 0.25) is 5.91 Å². The van der Waals surface area contributed by atoms with E-state index in [9.17, 15) is 9.59 Å². The molecule has 16 heavy (non-hydrogen) atoms. The quantitative estimate of drug-likeness (QED) is 0.738. The number of likely N-dealkylation sites (tertiary alicyclic amines) is 1. The molecule has 1 aliphatic heterocycles. The second-order valence-corrected chi connectivity index (χ2v) is 3.91. The van der Waals surface area contributed by atoms with Crippen molar-refractivity contribution in [3.63, 3.8) is 0 Å². The van der Waals surface area contributed by atoms with Gasteiger partial charge in [-0.05, 0) is 18.6 Å². The second kappa shape index (κ2) is 3.92. The van der Waals surface area contributed by atoms with Crippen molar-refractivity contribution in [1.82, 2.24) is 9.88 Å². The Bertz CT molecular complexity index is 427. The number of nitrogens with one attached hydrogen (secondary N) is 1. The summed E-state index contributed by atoms with van der Waals surface area (Å²) in [5.41, 5.74) is 1.05. The van der Waals surface area contributed by atoms with Crippen LogP contribution < -0.4 is 5.32 Å². The highest BCUT2D eigenvalue weighted by Gasteiger charge is 2.35. The van der Waals surface area contributed by atoms with Crippen LogP contribution in [0.4, 0.5) is 5.82 Å². The first-order valence-electron chi connectivity index (χ1n) is 5.07. The minimum atomic E-state index is -0.479. The average molecular weight is 219 g/mol. The molecular weight excluding hydrogens is 206 g/mol. The highest BCUT2D eigenvalue weighted by Crippen LogP contribution is 2.15. The predicted molar refractivity (Wildman–Crippen MR) is 58.8 cm³/mol. The maximum atomic E-state index is 11.6. The number of hydrogen-bond acceptors (Lipinski definition) is 4. The van der Waals surface area contributed by atoms with E-state index >= 15 is 0 Å². The zero-order valence-corrected chi connectivity index (χ0v) is 9.23. The van der Waals surface area contributed by atoms with Gasteiger partial charge in [-0.25, -0.2) is 4.98 Å². The molecule has 0 bridgehead atoms. The molecule has 0 aliphatic carbocycles. The molecule has 1 N–H and O–H groups in total. The molecule has 2 rings (SSSR count). The Kier molecular flexibility index (Phi) is 2.60. The Morgan fingerprint density at radius 1 is 1.44 bits per heavy atom. The summed E-state index contributed by atoms with van der Waals surface area (Å²) in [4.78, 5) is 28.2. The molecule has 1 aromatic heterocycles. The van der Waals surface area contributed by atoms with Crippen LogP contribution in [0, 0.1) is 6.92 Å². The maximum absolute atomic E-state index is 11.6. The van der Waals surface area contributed by atoms with Crippen molar-refractivity contribution < 1.29 is 9.59 Å². The van der Waals surface area contributed by atoms with Crippen molar-refractivity contribution in [3.05, 3.63) is 23.9 Å².